The van der Waals surface area contributed by atoms with Crippen LogP contribution in [0.15, 0.2) is 24.3 Å². The van der Waals surface area contributed by atoms with Crippen molar-refractivity contribution in [1.82, 2.24) is 10.7 Å². The van der Waals surface area contributed by atoms with Crippen LogP contribution in [0.1, 0.15) is 25.3 Å². The summed E-state index contributed by atoms with van der Waals surface area (Å²) in [6.07, 6.45) is 2.30. The summed E-state index contributed by atoms with van der Waals surface area (Å²) in [6.45, 7) is 5.13. The highest BCUT2D eigenvalue weighted by atomic mass is 32.1. The zero-order chi connectivity index (χ0) is 11.8. The van der Waals surface area contributed by atoms with E-state index in [1.54, 1.807) is 0 Å². The number of nitrogens with one attached hydrogen (secondary N) is 3. The largest absolute Gasteiger partial charge is 0.361 e. The van der Waals surface area contributed by atoms with E-state index < -0.39 is 0 Å². The molecule has 1 aromatic carbocycles. The van der Waals surface area contributed by atoms with Crippen molar-refractivity contribution in [3.05, 3.63) is 29.8 Å². The molecular formula is C12H19N3S. The lowest BCUT2D eigenvalue weighted by Crippen LogP contribution is -2.39. The molecule has 0 saturated heterocycles. The zero-order valence-corrected chi connectivity index (χ0v) is 10.7. The average Bonchev–Trinajstić information content (AvgIpc) is 2.27. The summed E-state index contributed by atoms with van der Waals surface area (Å²) < 4.78 is 0. The molecule has 3 N–H and O–H groups in total. The van der Waals surface area contributed by atoms with E-state index in [9.17, 15) is 0 Å². The van der Waals surface area contributed by atoms with Crippen molar-refractivity contribution in [3.8, 4) is 0 Å². The maximum atomic E-state index is 5.11. The van der Waals surface area contributed by atoms with Crippen LogP contribution in [0.4, 0.5) is 5.69 Å². The molecule has 1 aromatic rings. The Hall–Kier alpha value is -1.29. The first kappa shape index (κ1) is 12.8. The minimum absolute atomic E-state index is 0.634. The Morgan fingerprint density at radius 2 is 2.19 bits per heavy atom. The first-order valence-electron chi connectivity index (χ1n) is 5.59. The van der Waals surface area contributed by atoms with E-state index in [-0.39, 0.29) is 0 Å². The molecule has 0 aliphatic carbocycles. The normalized spacial score (nSPS) is 9.62. The van der Waals surface area contributed by atoms with Gasteiger partial charge in [0.15, 0.2) is 5.11 Å². The highest BCUT2D eigenvalue weighted by Gasteiger charge is 1.94. The van der Waals surface area contributed by atoms with Crippen molar-refractivity contribution in [2.45, 2.75) is 26.7 Å². The van der Waals surface area contributed by atoms with Crippen molar-refractivity contribution in [1.29, 1.82) is 0 Å². The summed E-state index contributed by atoms with van der Waals surface area (Å²) >= 11 is 5.11. The van der Waals surface area contributed by atoms with Gasteiger partial charge in [-0.2, -0.15) is 0 Å². The van der Waals surface area contributed by atoms with Gasteiger partial charge in [0.1, 0.15) is 0 Å². The molecule has 0 radical (unpaired) electrons. The molecule has 0 heterocycles. The minimum Gasteiger partial charge on any atom is -0.361 e. The molecule has 0 atom stereocenters. The van der Waals surface area contributed by atoms with Gasteiger partial charge < -0.3 is 5.32 Å². The summed E-state index contributed by atoms with van der Waals surface area (Å²) in [5, 5.41) is 3.76. The van der Waals surface area contributed by atoms with Gasteiger partial charge in [0.25, 0.3) is 0 Å². The summed E-state index contributed by atoms with van der Waals surface area (Å²) in [7, 11) is 0. The molecule has 0 fully saturated rings. The number of hydrogen-bond donors (Lipinski definition) is 3. The van der Waals surface area contributed by atoms with Gasteiger partial charge in [0, 0.05) is 6.54 Å². The fourth-order valence-corrected chi connectivity index (χ4v) is 1.43. The predicted octanol–water partition coefficient (Wildman–Crippen LogP) is 2.59. The van der Waals surface area contributed by atoms with Crippen LogP contribution in [0.3, 0.4) is 0 Å². The van der Waals surface area contributed by atoms with Crippen molar-refractivity contribution >= 4 is 23.0 Å². The van der Waals surface area contributed by atoms with Gasteiger partial charge in [0.2, 0.25) is 0 Å². The molecular weight excluding hydrogens is 218 g/mol. The minimum atomic E-state index is 0.634. The van der Waals surface area contributed by atoms with Gasteiger partial charge in [-0.3, -0.25) is 10.9 Å². The predicted molar refractivity (Wildman–Crippen MR) is 73.4 cm³/mol. The van der Waals surface area contributed by atoms with Crippen LogP contribution in [0.2, 0.25) is 0 Å². The molecule has 16 heavy (non-hydrogen) atoms. The second kappa shape index (κ2) is 7.06. The second-order valence-electron chi connectivity index (χ2n) is 3.73. The number of aryl methyl sites for hydroxylation is 1. The zero-order valence-electron chi connectivity index (χ0n) is 9.84. The molecule has 0 aromatic heterocycles. The molecule has 0 saturated carbocycles. The van der Waals surface area contributed by atoms with E-state index in [0.29, 0.717) is 5.11 Å². The molecule has 0 aliphatic rings. The first-order chi connectivity index (χ1) is 7.72. The lowest BCUT2D eigenvalue weighted by Gasteiger charge is -2.12. The molecule has 0 amide bonds. The summed E-state index contributed by atoms with van der Waals surface area (Å²) in [4.78, 5) is 0. The number of hydrazine groups is 1. The van der Waals surface area contributed by atoms with Crippen LogP contribution < -0.4 is 16.2 Å². The van der Waals surface area contributed by atoms with Crippen LogP contribution in [0.25, 0.3) is 0 Å². The average molecular weight is 237 g/mol. The van der Waals surface area contributed by atoms with Crippen molar-refractivity contribution in [3.63, 3.8) is 0 Å². The number of rotatable bonds is 5. The van der Waals surface area contributed by atoms with Gasteiger partial charge >= 0.3 is 0 Å². The summed E-state index contributed by atoms with van der Waals surface area (Å²) in [5.74, 6) is 0. The van der Waals surface area contributed by atoms with Crippen molar-refractivity contribution in [2.75, 3.05) is 12.0 Å². The van der Waals surface area contributed by atoms with E-state index in [1.807, 2.05) is 12.1 Å². The lowest BCUT2D eigenvalue weighted by atomic mass is 10.2. The monoisotopic (exact) mass is 237 g/mol. The fraction of sp³-hybridized carbons (Fsp3) is 0.417. The smallest absolute Gasteiger partial charge is 0.185 e. The Morgan fingerprint density at radius 3 is 2.88 bits per heavy atom. The molecule has 0 unspecified atom stereocenters. The summed E-state index contributed by atoms with van der Waals surface area (Å²) in [6, 6.07) is 8.12. The van der Waals surface area contributed by atoms with Gasteiger partial charge in [-0.25, -0.2) is 0 Å². The van der Waals surface area contributed by atoms with Crippen LogP contribution in [0.5, 0.6) is 0 Å². The van der Waals surface area contributed by atoms with E-state index in [1.165, 1.54) is 12.0 Å². The van der Waals surface area contributed by atoms with Crippen LogP contribution in [-0.4, -0.2) is 11.7 Å². The van der Waals surface area contributed by atoms with Crippen LogP contribution in [-0.2, 0) is 0 Å². The molecule has 3 nitrogen and oxygen atoms in total. The SMILES string of the molecule is CCCCNC(=S)NNc1cccc(C)c1. The van der Waals surface area contributed by atoms with E-state index in [0.717, 1.165) is 18.7 Å². The Bertz CT molecular complexity index is 339. The number of anilines is 1. The molecule has 88 valence electrons. The number of thiocarbonyl (C=S) groups is 1. The van der Waals surface area contributed by atoms with Crippen molar-refractivity contribution < 1.29 is 0 Å². The van der Waals surface area contributed by atoms with Gasteiger partial charge in [-0.1, -0.05) is 25.5 Å². The Labute approximate surface area is 103 Å². The Kier molecular flexibility index (Phi) is 5.64. The maximum absolute atomic E-state index is 5.11. The van der Waals surface area contributed by atoms with Gasteiger partial charge in [0.05, 0.1) is 5.69 Å². The Morgan fingerprint density at radius 1 is 1.38 bits per heavy atom. The van der Waals surface area contributed by atoms with Crippen LogP contribution in [0, 0.1) is 6.92 Å². The topological polar surface area (TPSA) is 36.1 Å². The van der Waals surface area contributed by atoms with E-state index in [2.05, 4.69) is 42.1 Å². The lowest BCUT2D eigenvalue weighted by molar-refractivity contribution is 0.748. The standard InChI is InChI=1S/C12H19N3S/c1-3-4-8-13-12(16)15-14-11-7-5-6-10(2)9-11/h5-7,9,14H,3-4,8H2,1-2H3,(H2,13,15,16). The molecule has 0 spiro atoms. The summed E-state index contributed by atoms with van der Waals surface area (Å²) in [5.41, 5.74) is 8.25. The molecule has 0 bridgehead atoms. The third-order valence-electron chi connectivity index (χ3n) is 2.15. The Balaban J connectivity index is 2.26. The van der Waals surface area contributed by atoms with Gasteiger partial charge in [-0.15, -0.1) is 0 Å². The van der Waals surface area contributed by atoms with Crippen LogP contribution >= 0.6 is 12.2 Å². The fourth-order valence-electron chi connectivity index (χ4n) is 1.27. The van der Waals surface area contributed by atoms with Crippen molar-refractivity contribution in [2.24, 2.45) is 0 Å². The third kappa shape index (κ3) is 4.98. The third-order valence-corrected chi connectivity index (χ3v) is 2.40. The van der Waals surface area contributed by atoms with E-state index >= 15 is 0 Å². The number of benzene rings is 1. The molecule has 4 heteroatoms. The molecule has 0 aliphatic heterocycles. The number of unbranched alkanes of at least 4 members (excludes halogenated alkanes) is 1. The highest BCUT2D eigenvalue weighted by molar-refractivity contribution is 7.80. The van der Waals surface area contributed by atoms with Gasteiger partial charge in [-0.05, 0) is 43.3 Å². The second-order valence-corrected chi connectivity index (χ2v) is 4.14. The quantitative estimate of drug-likeness (QED) is 0.418. The number of hydrogen-bond acceptors (Lipinski definition) is 2. The maximum Gasteiger partial charge on any atom is 0.185 e. The molecule has 1 rings (SSSR count). The van der Waals surface area contributed by atoms with E-state index in [4.69, 9.17) is 12.2 Å². The first-order valence-corrected chi connectivity index (χ1v) is 5.99. The highest BCUT2D eigenvalue weighted by Crippen LogP contribution is 2.07.